The van der Waals surface area contributed by atoms with Gasteiger partial charge in [0.1, 0.15) is 0 Å². The molecule has 2 aromatic carbocycles. The maximum Gasteiger partial charge on any atom is 0.233 e. The highest BCUT2D eigenvalue weighted by Gasteiger charge is 2.00. The van der Waals surface area contributed by atoms with Crippen molar-refractivity contribution in [1.29, 1.82) is 0 Å². The number of hydrogen-bond donors (Lipinski definition) is 0. The highest BCUT2D eigenvalue weighted by Crippen LogP contribution is 2.20. The molecular formula is C13H11O. The first-order chi connectivity index (χ1) is 6.85. The molecule has 0 spiro atoms. The minimum absolute atomic E-state index is 0.624. The number of rotatable bonds is 2. The molecule has 0 aromatic heterocycles. The fourth-order valence-corrected chi connectivity index (χ4v) is 1.71. The van der Waals surface area contributed by atoms with E-state index >= 15 is 0 Å². The minimum Gasteiger partial charge on any atom is -0.285 e. The topological polar surface area (TPSA) is 17.1 Å². The molecule has 0 aliphatic rings. The zero-order valence-corrected chi connectivity index (χ0v) is 8.08. The Kier molecular flexibility index (Phi) is 2.32. The molecule has 0 atom stereocenters. The number of fused-ring (bicyclic) bond motifs is 1. The molecule has 2 rings (SSSR count). The normalized spacial score (nSPS) is 10.4. The lowest BCUT2D eigenvalue weighted by molar-refractivity contribution is 0.563. The van der Waals surface area contributed by atoms with E-state index in [0.29, 0.717) is 5.56 Å². The van der Waals surface area contributed by atoms with Crippen molar-refractivity contribution in [3.8, 4) is 0 Å². The number of carbonyl (C=O) groups excluding carboxylic acids is 1. The highest BCUT2D eigenvalue weighted by molar-refractivity contribution is 5.91. The van der Waals surface area contributed by atoms with E-state index in [1.165, 1.54) is 10.9 Å². The SMILES string of the molecule is CCc1cccc2ccc([C]=O)cc12. The van der Waals surface area contributed by atoms with Gasteiger partial charge in [-0.05, 0) is 28.8 Å². The molecule has 0 bridgehead atoms. The molecule has 14 heavy (non-hydrogen) atoms. The Labute approximate surface area is 83.4 Å². The second kappa shape index (κ2) is 3.62. The fraction of sp³-hybridized carbons (Fsp3) is 0.154. The van der Waals surface area contributed by atoms with Crippen LogP contribution in [0.2, 0.25) is 0 Å². The van der Waals surface area contributed by atoms with E-state index in [-0.39, 0.29) is 0 Å². The average molecular weight is 183 g/mol. The summed E-state index contributed by atoms with van der Waals surface area (Å²) < 4.78 is 0. The molecule has 0 fully saturated rings. The van der Waals surface area contributed by atoms with Crippen LogP contribution in [0.25, 0.3) is 10.8 Å². The Hall–Kier alpha value is -1.63. The van der Waals surface area contributed by atoms with E-state index in [4.69, 9.17) is 0 Å². The monoisotopic (exact) mass is 183 g/mol. The van der Waals surface area contributed by atoms with Crippen molar-refractivity contribution < 1.29 is 4.79 Å². The Morgan fingerprint density at radius 1 is 1.21 bits per heavy atom. The minimum atomic E-state index is 0.624. The van der Waals surface area contributed by atoms with Crippen LogP contribution in [0.4, 0.5) is 0 Å². The van der Waals surface area contributed by atoms with Gasteiger partial charge in [0.2, 0.25) is 6.29 Å². The summed E-state index contributed by atoms with van der Waals surface area (Å²) in [6.07, 6.45) is 2.91. The quantitative estimate of drug-likeness (QED) is 0.699. The van der Waals surface area contributed by atoms with Crippen molar-refractivity contribution in [3.63, 3.8) is 0 Å². The zero-order chi connectivity index (χ0) is 9.97. The van der Waals surface area contributed by atoms with E-state index in [9.17, 15) is 4.79 Å². The second-order valence-corrected chi connectivity index (χ2v) is 3.31. The number of benzene rings is 2. The van der Waals surface area contributed by atoms with E-state index in [1.807, 2.05) is 24.5 Å². The predicted molar refractivity (Wildman–Crippen MR) is 58.1 cm³/mol. The molecule has 69 valence electrons. The average Bonchev–Trinajstić information content (AvgIpc) is 2.27. The van der Waals surface area contributed by atoms with Crippen LogP contribution in [0.15, 0.2) is 36.4 Å². The summed E-state index contributed by atoms with van der Waals surface area (Å²) in [6.45, 7) is 2.12. The maximum atomic E-state index is 10.5. The summed E-state index contributed by atoms with van der Waals surface area (Å²) in [5, 5.41) is 2.35. The maximum absolute atomic E-state index is 10.5. The Bertz CT molecular complexity index is 472. The van der Waals surface area contributed by atoms with Gasteiger partial charge in [0.25, 0.3) is 0 Å². The summed E-state index contributed by atoms with van der Waals surface area (Å²) >= 11 is 0. The molecule has 0 heterocycles. The molecule has 1 nitrogen and oxygen atoms in total. The van der Waals surface area contributed by atoms with Gasteiger partial charge in [-0.3, -0.25) is 4.79 Å². The summed E-state index contributed by atoms with van der Waals surface area (Å²) in [6, 6.07) is 11.9. The van der Waals surface area contributed by atoms with Crippen molar-refractivity contribution in [3.05, 3.63) is 47.5 Å². The largest absolute Gasteiger partial charge is 0.285 e. The van der Waals surface area contributed by atoms with Gasteiger partial charge < -0.3 is 0 Å². The van der Waals surface area contributed by atoms with Crippen LogP contribution in [0.5, 0.6) is 0 Å². The first kappa shape index (κ1) is 8.95. The second-order valence-electron chi connectivity index (χ2n) is 3.31. The lowest BCUT2D eigenvalue weighted by Crippen LogP contribution is -1.86. The van der Waals surface area contributed by atoms with Gasteiger partial charge in [-0.2, -0.15) is 0 Å². The molecule has 0 unspecified atom stereocenters. The van der Waals surface area contributed by atoms with E-state index in [1.54, 1.807) is 6.07 Å². The van der Waals surface area contributed by atoms with Crippen molar-refractivity contribution >= 4 is 17.1 Å². The summed E-state index contributed by atoms with van der Waals surface area (Å²) in [5.41, 5.74) is 1.90. The summed E-state index contributed by atoms with van der Waals surface area (Å²) in [4.78, 5) is 10.5. The van der Waals surface area contributed by atoms with E-state index < -0.39 is 0 Å². The lowest BCUT2D eigenvalue weighted by Gasteiger charge is -2.03. The number of aryl methyl sites for hydroxylation is 1. The van der Waals surface area contributed by atoms with Crippen LogP contribution < -0.4 is 0 Å². The Balaban J connectivity index is 2.76. The third-order valence-electron chi connectivity index (χ3n) is 2.47. The molecule has 0 aliphatic carbocycles. The Morgan fingerprint density at radius 3 is 2.79 bits per heavy atom. The van der Waals surface area contributed by atoms with Gasteiger partial charge in [0.15, 0.2) is 0 Å². The van der Waals surface area contributed by atoms with Gasteiger partial charge in [-0.25, -0.2) is 0 Å². The zero-order valence-electron chi connectivity index (χ0n) is 8.08. The third kappa shape index (κ3) is 1.41. The van der Waals surface area contributed by atoms with Crippen LogP contribution >= 0.6 is 0 Å². The molecule has 0 N–H and O–H groups in total. The standard InChI is InChI=1S/C13H11O/c1-2-11-4-3-5-12-7-6-10(9-14)8-13(11)12/h3-8H,2H2,1H3. The van der Waals surface area contributed by atoms with Gasteiger partial charge in [-0.1, -0.05) is 37.3 Å². The first-order valence-corrected chi connectivity index (χ1v) is 4.75. The van der Waals surface area contributed by atoms with Gasteiger partial charge in [-0.15, -0.1) is 0 Å². The van der Waals surface area contributed by atoms with Gasteiger partial charge >= 0.3 is 0 Å². The fourth-order valence-electron chi connectivity index (χ4n) is 1.71. The molecule has 0 amide bonds. The van der Waals surface area contributed by atoms with Crippen molar-refractivity contribution in [2.75, 3.05) is 0 Å². The smallest absolute Gasteiger partial charge is 0.233 e. The Morgan fingerprint density at radius 2 is 2.07 bits per heavy atom. The van der Waals surface area contributed by atoms with Crippen LogP contribution in [-0.2, 0) is 11.2 Å². The molecule has 0 saturated heterocycles. The third-order valence-corrected chi connectivity index (χ3v) is 2.47. The van der Waals surface area contributed by atoms with Gasteiger partial charge in [0, 0.05) is 5.56 Å². The molecule has 2 aromatic rings. The van der Waals surface area contributed by atoms with E-state index in [0.717, 1.165) is 11.8 Å². The lowest BCUT2D eigenvalue weighted by atomic mass is 10.0. The molecule has 0 aliphatic heterocycles. The molecule has 1 heteroatoms. The number of hydrogen-bond acceptors (Lipinski definition) is 1. The highest BCUT2D eigenvalue weighted by atomic mass is 16.1. The van der Waals surface area contributed by atoms with Crippen LogP contribution in [0.1, 0.15) is 18.1 Å². The van der Waals surface area contributed by atoms with Crippen molar-refractivity contribution in [2.45, 2.75) is 13.3 Å². The van der Waals surface area contributed by atoms with Gasteiger partial charge in [0.05, 0.1) is 0 Å². The molecule has 1 radical (unpaired) electrons. The predicted octanol–water partition coefficient (Wildman–Crippen LogP) is 2.86. The van der Waals surface area contributed by atoms with Crippen molar-refractivity contribution in [1.82, 2.24) is 0 Å². The van der Waals surface area contributed by atoms with E-state index in [2.05, 4.69) is 19.1 Å². The molecule has 0 saturated carbocycles. The first-order valence-electron chi connectivity index (χ1n) is 4.75. The van der Waals surface area contributed by atoms with Crippen LogP contribution in [0, 0.1) is 0 Å². The molecular weight excluding hydrogens is 172 g/mol. The van der Waals surface area contributed by atoms with Crippen LogP contribution in [-0.4, -0.2) is 6.29 Å². The van der Waals surface area contributed by atoms with Crippen molar-refractivity contribution in [2.24, 2.45) is 0 Å². The summed E-state index contributed by atoms with van der Waals surface area (Å²) in [5.74, 6) is 0. The summed E-state index contributed by atoms with van der Waals surface area (Å²) in [7, 11) is 0. The van der Waals surface area contributed by atoms with Crippen LogP contribution in [0.3, 0.4) is 0 Å².